The number of rotatable bonds is 7. The Morgan fingerprint density at radius 1 is 1.39 bits per heavy atom. The Kier molecular flexibility index (Phi) is 5.72. The number of likely N-dealkylation sites (tertiary alicyclic amines) is 1. The maximum absolute atomic E-state index is 12.3. The largest absolute Gasteiger partial charge is 0.383 e. The Morgan fingerprint density at radius 2 is 2.17 bits per heavy atom. The summed E-state index contributed by atoms with van der Waals surface area (Å²) in [6.07, 6.45) is 3.39. The van der Waals surface area contributed by atoms with Gasteiger partial charge < -0.3 is 15.0 Å². The SMILES string of the molecule is COCCN1CCC(CNC(=O)[C@@H]2C[C@H]2c2ccc(C)s2)CC1. The highest BCUT2D eigenvalue weighted by Gasteiger charge is 2.44. The van der Waals surface area contributed by atoms with Gasteiger partial charge in [-0.15, -0.1) is 11.3 Å². The Labute approximate surface area is 143 Å². The summed E-state index contributed by atoms with van der Waals surface area (Å²) < 4.78 is 5.13. The van der Waals surface area contributed by atoms with Gasteiger partial charge in [-0.2, -0.15) is 0 Å². The summed E-state index contributed by atoms with van der Waals surface area (Å²) in [6, 6.07) is 4.35. The molecule has 1 aliphatic heterocycles. The summed E-state index contributed by atoms with van der Waals surface area (Å²) in [7, 11) is 1.75. The van der Waals surface area contributed by atoms with E-state index >= 15 is 0 Å². The minimum atomic E-state index is 0.217. The van der Waals surface area contributed by atoms with Crippen molar-refractivity contribution < 1.29 is 9.53 Å². The quantitative estimate of drug-likeness (QED) is 0.832. The first kappa shape index (κ1) is 16.9. The molecule has 1 aliphatic carbocycles. The van der Waals surface area contributed by atoms with E-state index in [1.165, 1.54) is 22.6 Å². The predicted molar refractivity (Wildman–Crippen MR) is 94.0 cm³/mol. The summed E-state index contributed by atoms with van der Waals surface area (Å²) in [5.74, 6) is 1.60. The molecule has 2 fully saturated rings. The van der Waals surface area contributed by atoms with Gasteiger partial charge in [0.25, 0.3) is 0 Å². The average Bonchev–Trinajstić information content (AvgIpc) is 3.26. The molecule has 1 amide bonds. The lowest BCUT2D eigenvalue weighted by molar-refractivity contribution is -0.122. The molecule has 128 valence electrons. The lowest BCUT2D eigenvalue weighted by Gasteiger charge is -2.31. The van der Waals surface area contributed by atoms with E-state index in [4.69, 9.17) is 4.74 Å². The van der Waals surface area contributed by atoms with Crippen molar-refractivity contribution in [1.82, 2.24) is 10.2 Å². The van der Waals surface area contributed by atoms with Crippen molar-refractivity contribution >= 4 is 17.2 Å². The van der Waals surface area contributed by atoms with Crippen molar-refractivity contribution in [3.05, 3.63) is 21.9 Å². The van der Waals surface area contributed by atoms with Crippen LogP contribution < -0.4 is 5.32 Å². The first-order chi connectivity index (χ1) is 11.2. The van der Waals surface area contributed by atoms with Crippen LogP contribution in [0, 0.1) is 18.8 Å². The topological polar surface area (TPSA) is 41.6 Å². The van der Waals surface area contributed by atoms with Gasteiger partial charge in [-0.1, -0.05) is 0 Å². The molecule has 1 saturated carbocycles. The van der Waals surface area contributed by atoms with E-state index in [0.29, 0.717) is 11.8 Å². The van der Waals surface area contributed by atoms with Gasteiger partial charge in [0.15, 0.2) is 0 Å². The van der Waals surface area contributed by atoms with Crippen LogP contribution >= 0.6 is 11.3 Å². The molecule has 3 rings (SSSR count). The monoisotopic (exact) mass is 336 g/mol. The maximum atomic E-state index is 12.3. The smallest absolute Gasteiger partial charge is 0.223 e. The van der Waals surface area contributed by atoms with E-state index in [1.54, 1.807) is 7.11 Å². The molecule has 1 saturated heterocycles. The molecule has 0 spiro atoms. The van der Waals surface area contributed by atoms with E-state index in [0.717, 1.165) is 39.2 Å². The number of thiophene rings is 1. The molecule has 2 atom stereocenters. The van der Waals surface area contributed by atoms with Crippen LogP contribution in [0.15, 0.2) is 12.1 Å². The third-order valence-electron chi connectivity index (χ3n) is 5.14. The average molecular weight is 337 g/mol. The summed E-state index contributed by atoms with van der Waals surface area (Å²) in [4.78, 5) is 17.5. The van der Waals surface area contributed by atoms with Crippen molar-refractivity contribution in [3.8, 4) is 0 Å². The van der Waals surface area contributed by atoms with Gasteiger partial charge >= 0.3 is 0 Å². The molecule has 1 aromatic rings. The van der Waals surface area contributed by atoms with Crippen molar-refractivity contribution in [2.75, 3.05) is 39.9 Å². The van der Waals surface area contributed by atoms with Crippen LogP contribution in [0.2, 0.25) is 0 Å². The molecule has 0 unspecified atom stereocenters. The zero-order valence-corrected chi connectivity index (χ0v) is 15.0. The van der Waals surface area contributed by atoms with E-state index in [-0.39, 0.29) is 11.8 Å². The lowest BCUT2D eigenvalue weighted by atomic mass is 9.97. The molecule has 5 heteroatoms. The molecule has 1 aromatic heterocycles. The zero-order chi connectivity index (χ0) is 16.2. The summed E-state index contributed by atoms with van der Waals surface area (Å²) in [5.41, 5.74) is 0. The first-order valence-corrected chi connectivity index (χ1v) is 9.54. The van der Waals surface area contributed by atoms with Crippen LogP contribution in [0.1, 0.15) is 34.9 Å². The van der Waals surface area contributed by atoms with Gasteiger partial charge in [-0.25, -0.2) is 0 Å². The molecule has 4 nitrogen and oxygen atoms in total. The normalized spacial score (nSPS) is 25.5. The van der Waals surface area contributed by atoms with Gasteiger partial charge in [0, 0.05) is 41.8 Å². The van der Waals surface area contributed by atoms with Crippen LogP contribution in [0.5, 0.6) is 0 Å². The number of nitrogens with zero attached hydrogens (tertiary/aromatic N) is 1. The molecule has 1 N–H and O–H groups in total. The van der Waals surface area contributed by atoms with Crippen LogP contribution in [0.4, 0.5) is 0 Å². The Balaban J connectivity index is 1.35. The molecular formula is C18H28N2O2S. The van der Waals surface area contributed by atoms with Gasteiger partial charge in [0.05, 0.1) is 6.61 Å². The number of nitrogens with one attached hydrogen (secondary N) is 1. The molecule has 23 heavy (non-hydrogen) atoms. The number of hydrogen-bond donors (Lipinski definition) is 1. The van der Waals surface area contributed by atoms with Gasteiger partial charge in [-0.05, 0) is 57.3 Å². The van der Waals surface area contributed by atoms with Crippen molar-refractivity contribution in [3.63, 3.8) is 0 Å². The van der Waals surface area contributed by atoms with E-state index in [9.17, 15) is 4.79 Å². The van der Waals surface area contributed by atoms with Crippen LogP contribution in [-0.2, 0) is 9.53 Å². The number of carbonyl (C=O) groups excluding carboxylic acids is 1. The third-order valence-corrected chi connectivity index (χ3v) is 6.27. The van der Waals surface area contributed by atoms with Crippen LogP contribution in [-0.4, -0.2) is 50.7 Å². The third kappa shape index (κ3) is 4.55. The molecule has 2 aliphatic rings. The lowest BCUT2D eigenvalue weighted by Crippen LogP contribution is -2.40. The fourth-order valence-corrected chi connectivity index (χ4v) is 4.52. The van der Waals surface area contributed by atoms with Crippen molar-refractivity contribution in [1.29, 1.82) is 0 Å². The minimum Gasteiger partial charge on any atom is -0.383 e. The second-order valence-electron chi connectivity index (χ2n) is 6.92. The summed E-state index contributed by atoms with van der Waals surface area (Å²) >= 11 is 1.84. The van der Waals surface area contributed by atoms with Gasteiger partial charge in [0.2, 0.25) is 5.91 Å². The number of amides is 1. The number of piperidine rings is 1. The highest BCUT2D eigenvalue weighted by Crippen LogP contribution is 2.49. The standard InChI is InChI=1S/C18H28N2O2S/c1-13-3-4-17(23-13)15-11-16(15)18(21)19-12-14-5-7-20(8-6-14)9-10-22-2/h3-4,14-16H,5-12H2,1-2H3,(H,19,21)/t15-,16-/m1/s1. The summed E-state index contributed by atoms with van der Waals surface area (Å²) in [5, 5.41) is 3.20. The molecule has 0 radical (unpaired) electrons. The molecule has 0 aromatic carbocycles. The predicted octanol–water partition coefficient (Wildman–Crippen LogP) is 2.63. The second-order valence-corrected chi connectivity index (χ2v) is 8.24. The van der Waals surface area contributed by atoms with E-state index < -0.39 is 0 Å². The summed E-state index contributed by atoms with van der Waals surface area (Å²) in [6.45, 7) is 7.08. The number of ether oxygens (including phenoxy) is 1. The number of carbonyl (C=O) groups is 1. The number of methoxy groups -OCH3 is 1. The van der Waals surface area contributed by atoms with E-state index in [2.05, 4.69) is 29.3 Å². The van der Waals surface area contributed by atoms with Crippen LogP contribution in [0.25, 0.3) is 0 Å². The maximum Gasteiger partial charge on any atom is 0.223 e. The highest BCUT2D eigenvalue weighted by atomic mass is 32.1. The fraction of sp³-hybridized carbons (Fsp3) is 0.722. The fourth-order valence-electron chi connectivity index (χ4n) is 3.46. The first-order valence-electron chi connectivity index (χ1n) is 8.72. The van der Waals surface area contributed by atoms with Crippen molar-refractivity contribution in [2.45, 2.75) is 32.1 Å². The minimum absolute atomic E-state index is 0.217. The molecular weight excluding hydrogens is 308 g/mol. The Bertz CT molecular complexity index is 523. The number of aryl methyl sites for hydroxylation is 1. The second kappa shape index (κ2) is 7.77. The Hall–Kier alpha value is -0.910. The van der Waals surface area contributed by atoms with Gasteiger partial charge in [-0.3, -0.25) is 4.79 Å². The van der Waals surface area contributed by atoms with Gasteiger partial charge in [0.1, 0.15) is 0 Å². The Morgan fingerprint density at radius 3 is 2.83 bits per heavy atom. The highest BCUT2D eigenvalue weighted by molar-refractivity contribution is 7.12. The van der Waals surface area contributed by atoms with E-state index in [1.807, 2.05) is 11.3 Å². The molecule has 2 heterocycles. The van der Waals surface area contributed by atoms with Crippen LogP contribution in [0.3, 0.4) is 0 Å². The van der Waals surface area contributed by atoms with Crippen molar-refractivity contribution in [2.24, 2.45) is 11.8 Å². The number of hydrogen-bond acceptors (Lipinski definition) is 4. The zero-order valence-electron chi connectivity index (χ0n) is 14.2. The molecule has 0 bridgehead atoms.